The lowest BCUT2D eigenvalue weighted by Crippen LogP contribution is -2.62. The second-order valence-electron chi connectivity index (χ2n) is 5.78. The van der Waals surface area contributed by atoms with Crippen molar-refractivity contribution in [1.29, 1.82) is 0 Å². The monoisotopic (exact) mass is 196 g/mol. The van der Waals surface area contributed by atoms with Crippen LogP contribution in [0, 0.1) is 11.8 Å². The van der Waals surface area contributed by atoms with E-state index in [0.717, 1.165) is 24.9 Å². The molecule has 2 aliphatic rings. The van der Waals surface area contributed by atoms with Crippen molar-refractivity contribution in [1.82, 2.24) is 10.6 Å². The molecule has 2 heteroatoms. The van der Waals surface area contributed by atoms with Crippen molar-refractivity contribution in [2.75, 3.05) is 13.1 Å². The number of rotatable bonds is 3. The molecular formula is C12H24N2. The third kappa shape index (κ3) is 2.29. The maximum Gasteiger partial charge on any atom is 0.0306 e. The van der Waals surface area contributed by atoms with E-state index in [1.165, 1.54) is 19.3 Å². The third-order valence-corrected chi connectivity index (χ3v) is 3.74. The van der Waals surface area contributed by atoms with Gasteiger partial charge in [0.05, 0.1) is 0 Å². The van der Waals surface area contributed by atoms with Crippen LogP contribution in [0.2, 0.25) is 0 Å². The molecule has 0 amide bonds. The molecule has 1 aliphatic carbocycles. The molecule has 1 heterocycles. The van der Waals surface area contributed by atoms with Crippen LogP contribution in [0.1, 0.15) is 40.0 Å². The average Bonchev–Trinajstić information content (AvgIpc) is 2.91. The van der Waals surface area contributed by atoms with Gasteiger partial charge in [0.1, 0.15) is 0 Å². The van der Waals surface area contributed by atoms with E-state index in [0.29, 0.717) is 11.6 Å². The zero-order valence-corrected chi connectivity index (χ0v) is 9.77. The number of hydrogen-bond acceptors (Lipinski definition) is 2. The smallest absolute Gasteiger partial charge is 0.0306 e. The van der Waals surface area contributed by atoms with Gasteiger partial charge in [0, 0.05) is 24.7 Å². The first-order valence-corrected chi connectivity index (χ1v) is 6.08. The van der Waals surface area contributed by atoms with Crippen LogP contribution < -0.4 is 10.6 Å². The second-order valence-corrected chi connectivity index (χ2v) is 5.78. The molecule has 2 atom stereocenters. The molecule has 1 saturated heterocycles. The lowest BCUT2D eigenvalue weighted by Gasteiger charge is -2.40. The van der Waals surface area contributed by atoms with Crippen molar-refractivity contribution in [3.8, 4) is 0 Å². The summed E-state index contributed by atoms with van der Waals surface area (Å²) >= 11 is 0. The van der Waals surface area contributed by atoms with Gasteiger partial charge in [-0.15, -0.1) is 0 Å². The molecular weight excluding hydrogens is 172 g/mol. The Hall–Kier alpha value is -0.0800. The molecule has 0 spiro atoms. The van der Waals surface area contributed by atoms with Gasteiger partial charge in [0.25, 0.3) is 0 Å². The minimum Gasteiger partial charge on any atom is -0.311 e. The van der Waals surface area contributed by atoms with Crippen molar-refractivity contribution >= 4 is 0 Å². The van der Waals surface area contributed by atoms with Crippen molar-refractivity contribution in [3.63, 3.8) is 0 Å². The van der Waals surface area contributed by atoms with E-state index in [-0.39, 0.29) is 0 Å². The van der Waals surface area contributed by atoms with Crippen molar-refractivity contribution in [2.45, 2.75) is 51.6 Å². The Morgan fingerprint density at radius 2 is 2.07 bits per heavy atom. The van der Waals surface area contributed by atoms with E-state index in [2.05, 4.69) is 31.4 Å². The molecule has 0 aromatic rings. The first kappa shape index (κ1) is 10.4. The molecule has 14 heavy (non-hydrogen) atoms. The van der Waals surface area contributed by atoms with E-state index in [9.17, 15) is 0 Å². The number of piperazine rings is 1. The van der Waals surface area contributed by atoms with Crippen molar-refractivity contribution in [3.05, 3.63) is 0 Å². The Balaban J connectivity index is 1.79. The normalized spacial score (nSPS) is 39.0. The fourth-order valence-corrected chi connectivity index (χ4v) is 2.59. The van der Waals surface area contributed by atoms with Crippen LogP contribution in [-0.4, -0.2) is 24.7 Å². The van der Waals surface area contributed by atoms with Crippen LogP contribution in [0.4, 0.5) is 0 Å². The standard InChI is InChI=1S/C12H24N2/c1-9(2)6-11-7-14-12(3,8-13-11)10-4-5-10/h9-11,13-14H,4-8H2,1-3H3. The third-order valence-electron chi connectivity index (χ3n) is 3.74. The van der Waals surface area contributed by atoms with E-state index in [1.54, 1.807) is 0 Å². The highest BCUT2D eigenvalue weighted by Crippen LogP contribution is 2.40. The van der Waals surface area contributed by atoms with Gasteiger partial charge in [-0.1, -0.05) is 13.8 Å². The molecule has 0 aromatic heterocycles. The van der Waals surface area contributed by atoms with Gasteiger partial charge in [-0.3, -0.25) is 0 Å². The van der Waals surface area contributed by atoms with E-state index < -0.39 is 0 Å². The van der Waals surface area contributed by atoms with E-state index >= 15 is 0 Å². The number of nitrogens with one attached hydrogen (secondary N) is 2. The summed E-state index contributed by atoms with van der Waals surface area (Å²) in [6.45, 7) is 9.30. The minimum absolute atomic E-state index is 0.396. The summed E-state index contributed by atoms with van der Waals surface area (Å²) in [5.74, 6) is 1.74. The molecule has 0 bridgehead atoms. The van der Waals surface area contributed by atoms with Gasteiger partial charge in [0.15, 0.2) is 0 Å². The Labute approximate surface area is 87.8 Å². The quantitative estimate of drug-likeness (QED) is 0.719. The van der Waals surface area contributed by atoms with Crippen LogP contribution in [0.25, 0.3) is 0 Å². The fourth-order valence-electron chi connectivity index (χ4n) is 2.59. The Kier molecular flexibility index (Phi) is 2.85. The Morgan fingerprint density at radius 1 is 1.36 bits per heavy atom. The maximum absolute atomic E-state index is 3.75. The molecule has 2 unspecified atom stereocenters. The van der Waals surface area contributed by atoms with Crippen LogP contribution in [0.5, 0.6) is 0 Å². The molecule has 2 fully saturated rings. The predicted octanol–water partition coefficient (Wildman–Crippen LogP) is 1.76. The highest BCUT2D eigenvalue weighted by Gasteiger charge is 2.43. The summed E-state index contributed by atoms with van der Waals surface area (Å²) in [5, 5.41) is 7.45. The van der Waals surface area contributed by atoms with Gasteiger partial charge in [-0.25, -0.2) is 0 Å². The van der Waals surface area contributed by atoms with E-state index in [1.807, 2.05) is 0 Å². The molecule has 1 saturated carbocycles. The van der Waals surface area contributed by atoms with Crippen LogP contribution >= 0.6 is 0 Å². The first-order valence-electron chi connectivity index (χ1n) is 6.08. The fraction of sp³-hybridized carbons (Fsp3) is 1.00. The minimum atomic E-state index is 0.396. The van der Waals surface area contributed by atoms with Crippen molar-refractivity contribution in [2.24, 2.45) is 11.8 Å². The molecule has 82 valence electrons. The Bertz CT molecular complexity index is 188. The average molecular weight is 196 g/mol. The van der Waals surface area contributed by atoms with Gasteiger partial charge in [-0.05, 0) is 38.0 Å². The summed E-state index contributed by atoms with van der Waals surface area (Å²) < 4.78 is 0. The lowest BCUT2D eigenvalue weighted by atomic mass is 9.90. The topological polar surface area (TPSA) is 24.1 Å². The second kappa shape index (κ2) is 3.82. The largest absolute Gasteiger partial charge is 0.311 e. The molecule has 0 radical (unpaired) electrons. The summed E-state index contributed by atoms with van der Waals surface area (Å²) in [4.78, 5) is 0. The lowest BCUT2D eigenvalue weighted by molar-refractivity contribution is 0.212. The van der Waals surface area contributed by atoms with Crippen LogP contribution in [0.3, 0.4) is 0 Å². The molecule has 2 nitrogen and oxygen atoms in total. The molecule has 2 rings (SSSR count). The van der Waals surface area contributed by atoms with Crippen LogP contribution in [-0.2, 0) is 0 Å². The Morgan fingerprint density at radius 3 is 2.50 bits per heavy atom. The zero-order chi connectivity index (χ0) is 10.2. The van der Waals surface area contributed by atoms with Gasteiger partial charge < -0.3 is 10.6 Å². The van der Waals surface area contributed by atoms with E-state index in [4.69, 9.17) is 0 Å². The molecule has 0 aromatic carbocycles. The highest BCUT2D eigenvalue weighted by atomic mass is 15.1. The van der Waals surface area contributed by atoms with Crippen LogP contribution in [0.15, 0.2) is 0 Å². The maximum atomic E-state index is 3.75. The molecule has 2 N–H and O–H groups in total. The summed E-state index contributed by atoms with van der Waals surface area (Å²) in [5.41, 5.74) is 0.396. The highest BCUT2D eigenvalue weighted by molar-refractivity contribution is 5.03. The molecule has 1 aliphatic heterocycles. The summed E-state index contributed by atoms with van der Waals surface area (Å²) in [6, 6.07) is 0.696. The van der Waals surface area contributed by atoms with Crippen molar-refractivity contribution < 1.29 is 0 Å². The summed E-state index contributed by atoms with van der Waals surface area (Å²) in [6.07, 6.45) is 4.16. The number of hydrogen-bond donors (Lipinski definition) is 2. The zero-order valence-electron chi connectivity index (χ0n) is 9.77. The van der Waals surface area contributed by atoms with Gasteiger partial charge in [-0.2, -0.15) is 0 Å². The van der Waals surface area contributed by atoms with Gasteiger partial charge in [0.2, 0.25) is 0 Å². The summed E-state index contributed by atoms with van der Waals surface area (Å²) in [7, 11) is 0. The SMILES string of the molecule is CC(C)CC1CNC(C)(C2CC2)CN1. The van der Waals surface area contributed by atoms with Gasteiger partial charge >= 0.3 is 0 Å². The predicted molar refractivity (Wildman–Crippen MR) is 60.4 cm³/mol. The first-order chi connectivity index (χ1) is 6.60.